The van der Waals surface area contributed by atoms with Crippen molar-refractivity contribution >= 4 is 11.6 Å². The standard InChI is InChI=1S/C17H23ClFNO3/c18-15-9-14(5-6-16(15)19)23-12-17(21)10-20(7-8-22-11-17)13-3-1-2-4-13/h5-6,9,13,21H,1-4,7-8,10-12H2/t17-/m0/s1. The number of ether oxygens (including phenoxy) is 2. The second-order valence-electron chi connectivity index (χ2n) is 6.55. The van der Waals surface area contributed by atoms with Gasteiger partial charge in [0.1, 0.15) is 23.8 Å². The third kappa shape index (κ3) is 4.35. The molecule has 2 aliphatic rings. The minimum absolute atomic E-state index is 0.0131. The Kier molecular flexibility index (Phi) is 5.42. The van der Waals surface area contributed by atoms with Crippen LogP contribution in [-0.4, -0.2) is 54.6 Å². The number of rotatable bonds is 4. The molecule has 0 unspecified atom stereocenters. The van der Waals surface area contributed by atoms with Crippen molar-refractivity contribution in [2.24, 2.45) is 0 Å². The van der Waals surface area contributed by atoms with Crippen LogP contribution >= 0.6 is 11.6 Å². The molecule has 1 saturated heterocycles. The summed E-state index contributed by atoms with van der Waals surface area (Å²) in [6.07, 6.45) is 4.88. The van der Waals surface area contributed by atoms with Crippen LogP contribution in [0.5, 0.6) is 5.75 Å². The summed E-state index contributed by atoms with van der Waals surface area (Å²) in [5, 5.41) is 10.9. The zero-order valence-electron chi connectivity index (χ0n) is 13.1. The van der Waals surface area contributed by atoms with Crippen molar-refractivity contribution in [2.75, 3.05) is 32.9 Å². The van der Waals surface area contributed by atoms with Gasteiger partial charge < -0.3 is 14.6 Å². The highest BCUT2D eigenvalue weighted by Crippen LogP contribution is 2.27. The van der Waals surface area contributed by atoms with Crippen molar-refractivity contribution in [1.29, 1.82) is 0 Å². The van der Waals surface area contributed by atoms with Gasteiger partial charge in [0, 0.05) is 25.2 Å². The lowest BCUT2D eigenvalue weighted by atomic mass is 10.0. The average Bonchev–Trinajstić information content (AvgIpc) is 2.99. The van der Waals surface area contributed by atoms with Crippen molar-refractivity contribution in [3.8, 4) is 5.75 Å². The molecule has 2 fully saturated rings. The lowest BCUT2D eigenvalue weighted by Gasteiger charge is -2.33. The number of hydrogen-bond acceptors (Lipinski definition) is 4. The first-order chi connectivity index (χ1) is 11.1. The molecule has 1 aliphatic heterocycles. The number of β-amino-alcohol motifs (C(OH)–C–C–N with tert-alkyl or cyclic N) is 1. The van der Waals surface area contributed by atoms with Crippen LogP contribution in [-0.2, 0) is 4.74 Å². The molecule has 1 atom stereocenters. The SMILES string of the molecule is O[C@]1(COc2ccc(F)c(Cl)c2)COCCN(C2CCCC2)C1. The van der Waals surface area contributed by atoms with E-state index >= 15 is 0 Å². The molecule has 4 nitrogen and oxygen atoms in total. The van der Waals surface area contributed by atoms with Gasteiger partial charge in [0.15, 0.2) is 0 Å². The largest absolute Gasteiger partial charge is 0.490 e. The molecular weight excluding hydrogens is 321 g/mol. The minimum atomic E-state index is -1.07. The molecule has 1 N–H and O–H groups in total. The molecule has 0 amide bonds. The Balaban J connectivity index is 1.62. The van der Waals surface area contributed by atoms with Gasteiger partial charge >= 0.3 is 0 Å². The molecule has 6 heteroatoms. The first kappa shape index (κ1) is 17.0. The molecule has 1 aliphatic carbocycles. The number of nitrogens with zero attached hydrogens (tertiary/aromatic N) is 1. The van der Waals surface area contributed by atoms with Gasteiger partial charge in [-0.1, -0.05) is 24.4 Å². The summed E-state index contributed by atoms with van der Waals surface area (Å²) in [6, 6.07) is 4.73. The maximum absolute atomic E-state index is 13.2. The fraction of sp³-hybridized carbons (Fsp3) is 0.647. The highest BCUT2D eigenvalue weighted by atomic mass is 35.5. The monoisotopic (exact) mass is 343 g/mol. The second kappa shape index (κ2) is 7.34. The maximum atomic E-state index is 13.2. The summed E-state index contributed by atoms with van der Waals surface area (Å²) >= 11 is 5.75. The zero-order chi connectivity index (χ0) is 16.3. The van der Waals surface area contributed by atoms with Gasteiger partial charge in [-0.25, -0.2) is 4.39 Å². The van der Waals surface area contributed by atoms with E-state index in [1.165, 1.54) is 43.9 Å². The van der Waals surface area contributed by atoms with Gasteiger partial charge in [-0.3, -0.25) is 4.90 Å². The molecule has 128 valence electrons. The quantitative estimate of drug-likeness (QED) is 0.912. The van der Waals surface area contributed by atoms with Crippen molar-refractivity contribution in [2.45, 2.75) is 37.3 Å². The van der Waals surface area contributed by atoms with Crippen LogP contribution in [0.2, 0.25) is 5.02 Å². The fourth-order valence-corrected chi connectivity index (χ4v) is 3.57. The van der Waals surface area contributed by atoms with Crippen molar-refractivity contribution in [3.05, 3.63) is 29.0 Å². The third-order valence-corrected chi connectivity index (χ3v) is 4.92. The normalized spacial score (nSPS) is 27.1. The summed E-state index contributed by atoms with van der Waals surface area (Å²) < 4.78 is 24.4. The Morgan fingerprint density at radius 2 is 2.17 bits per heavy atom. The zero-order valence-corrected chi connectivity index (χ0v) is 13.9. The molecule has 3 rings (SSSR count). The number of halogens is 2. The second-order valence-corrected chi connectivity index (χ2v) is 6.96. The predicted octanol–water partition coefficient (Wildman–Crippen LogP) is 2.86. The van der Waals surface area contributed by atoms with E-state index < -0.39 is 11.4 Å². The van der Waals surface area contributed by atoms with Crippen LogP contribution < -0.4 is 4.74 Å². The molecule has 0 aromatic heterocycles. The maximum Gasteiger partial charge on any atom is 0.142 e. The van der Waals surface area contributed by atoms with Crippen molar-refractivity contribution < 1.29 is 19.0 Å². The smallest absolute Gasteiger partial charge is 0.142 e. The van der Waals surface area contributed by atoms with Crippen LogP contribution in [0.25, 0.3) is 0 Å². The number of benzene rings is 1. The van der Waals surface area contributed by atoms with E-state index in [2.05, 4.69) is 4.90 Å². The highest BCUT2D eigenvalue weighted by molar-refractivity contribution is 6.30. The van der Waals surface area contributed by atoms with Gasteiger partial charge in [0.05, 0.1) is 18.2 Å². The van der Waals surface area contributed by atoms with Crippen LogP contribution in [0.4, 0.5) is 4.39 Å². The Bertz CT molecular complexity index is 539. The van der Waals surface area contributed by atoms with Crippen LogP contribution in [0, 0.1) is 5.82 Å². The molecule has 23 heavy (non-hydrogen) atoms. The molecule has 0 radical (unpaired) electrons. The summed E-state index contributed by atoms with van der Waals surface area (Å²) in [7, 11) is 0. The average molecular weight is 344 g/mol. The topological polar surface area (TPSA) is 41.9 Å². The molecule has 1 aromatic carbocycles. The highest BCUT2D eigenvalue weighted by Gasteiger charge is 2.36. The van der Waals surface area contributed by atoms with Crippen molar-refractivity contribution in [1.82, 2.24) is 4.90 Å². The summed E-state index contributed by atoms with van der Waals surface area (Å²) in [5.41, 5.74) is -1.07. The summed E-state index contributed by atoms with van der Waals surface area (Å²) in [4.78, 5) is 2.32. The minimum Gasteiger partial charge on any atom is -0.490 e. The Labute approximate surface area is 141 Å². The molecule has 1 aromatic rings. The summed E-state index contributed by atoms with van der Waals surface area (Å²) in [6.45, 7) is 2.34. The third-order valence-electron chi connectivity index (χ3n) is 4.63. The van der Waals surface area contributed by atoms with Crippen LogP contribution in [0.3, 0.4) is 0 Å². The van der Waals surface area contributed by atoms with Gasteiger partial charge in [-0.2, -0.15) is 0 Å². The van der Waals surface area contributed by atoms with Crippen molar-refractivity contribution in [3.63, 3.8) is 0 Å². The lowest BCUT2D eigenvalue weighted by Crippen LogP contribution is -2.51. The molecule has 1 saturated carbocycles. The fourth-order valence-electron chi connectivity index (χ4n) is 3.40. The summed E-state index contributed by atoms with van der Waals surface area (Å²) in [5.74, 6) is -0.0376. The Morgan fingerprint density at radius 3 is 2.91 bits per heavy atom. The Hall–Kier alpha value is -0.880. The predicted molar refractivity (Wildman–Crippen MR) is 86.5 cm³/mol. The first-order valence-corrected chi connectivity index (χ1v) is 8.56. The van der Waals surface area contributed by atoms with Gasteiger partial charge in [0.25, 0.3) is 0 Å². The van der Waals surface area contributed by atoms with Crippen LogP contribution in [0.1, 0.15) is 25.7 Å². The van der Waals surface area contributed by atoms with Gasteiger partial charge in [-0.05, 0) is 25.0 Å². The number of aliphatic hydroxyl groups is 1. The molecule has 0 bridgehead atoms. The first-order valence-electron chi connectivity index (χ1n) is 8.18. The number of hydrogen-bond donors (Lipinski definition) is 1. The van der Waals surface area contributed by atoms with Crippen LogP contribution in [0.15, 0.2) is 18.2 Å². The van der Waals surface area contributed by atoms with Gasteiger partial charge in [0.2, 0.25) is 0 Å². The Morgan fingerprint density at radius 1 is 1.39 bits per heavy atom. The van der Waals surface area contributed by atoms with E-state index in [4.69, 9.17) is 21.1 Å². The van der Waals surface area contributed by atoms with E-state index in [9.17, 15) is 9.50 Å². The molecular formula is C17H23ClFNO3. The van der Waals surface area contributed by atoms with E-state index in [1.807, 2.05) is 0 Å². The molecule has 0 spiro atoms. The molecule has 1 heterocycles. The van der Waals surface area contributed by atoms with E-state index in [0.717, 1.165) is 6.54 Å². The van der Waals surface area contributed by atoms with E-state index in [1.54, 1.807) is 0 Å². The van der Waals surface area contributed by atoms with E-state index in [0.29, 0.717) is 24.9 Å². The van der Waals surface area contributed by atoms with Gasteiger partial charge in [-0.15, -0.1) is 0 Å². The van der Waals surface area contributed by atoms with E-state index in [-0.39, 0.29) is 18.2 Å². The lowest BCUT2D eigenvalue weighted by molar-refractivity contribution is -0.0669.